The normalized spacial score (nSPS) is 20.6. The van der Waals surface area contributed by atoms with E-state index in [0.717, 1.165) is 44.2 Å². The molecular weight excluding hydrogens is 326 g/mol. The highest BCUT2D eigenvalue weighted by atomic mass is 16.5. The van der Waals surface area contributed by atoms with Crippen molar-refractivity contribution in [1.29, 1.82) is 0 Å². The Bertz CT molecular complexity index is 578. The maximum Gasteiger partial charge on any atom is 0.237 e. The molecule has 1 aliphatic carbocycles. The van der Waals surface area contributed by atoms with Gasteiger partial charge in [-0.05, 0) is 37.8 Å². The smallest absolute Gasteiger partial charge is 0.237 e. The van der Waals surface area contributed by atoms with E-state index in [0.29, 0.717) is 5.92 Å². The number of rotatable bonds is 6. The Hall–Kier alpha value is -1.75. The zero-order valence-electron chi connectivity index (χ0n) is 16.2. The first-order chi connectivity index (χ1) is 12.7. The Kier molecular flexibility index (Phi) is 6.78. The lowest BCUT2D eigenvalue weighted by molar-refractivity contribution is -0.126. The third kappa shape index (κ3) is 4.70. The molecule has 1 atom stereocenters. The Morgan fingerprint density at radius 1 is 1.15 bits per heavy atom. The molecule has 144 valence electrons. The second-order valence-electron chi connectivity index (χ2n) is 7.62. The molecule has 1 heterocycles. The Balaban J connectivity index is 1.46. The number of ether oxygens (including phenoxy) is 1. The summed E-state index contributed by atoms with van der Waals surface area (Å²) in [6, 6.07) is 8.10. The highest BCUT2D eigenvalue weighted by molar-refractivity contribution is 5.81. The maximum absolute atomic E-state index is 12.6. The van der Waals surface area contributed by atoms with Crippen LogP contribution < -0.4 is 15.0 Å². The van der Waals surface area contributed by atoms with Gasteiger partial charge in [0.05, 0.1) is 18.8 Å². The predicted octanol–water partition coefficient (Wildman–Crippen LogP) is 2.90. The predicted molar refractivity (Wildman–Crippen MR) is 106 cm³/mol. The van der Waals surface area contributed by atoms with Crippen LogP contribution in [0, 0.1) is 5.92 Å². The van der Waals surface area contributed by atoms with Crippen molar-refractivity contribution in [2.24, 2.45) is 5.92 Å². The second-order valence-corrected chi connectivity index (χ2v) is 7.62. The van der Waals surface area contributed by atoms with Gasteiger partial charge in [0, 0.05) is 32.7 Å². The Morgan fingerprint density at radius 2 is 1.85 bits per heavy atom. The molecule has 0 bridgehead atoms. The third-order valence-corrected chi connectivity index (χ3v) is 5.96. The topological polar surface area (TPSA) is 44.8 Å². The number of amides is 1. The van der Waals surface area contributed by atoms with Gasteiger partial charge >= 0.3 is 0 Å². The number of anilines is 1. The van der Waals surface area contributed by atoms with Crippen LogP contribution in [0.25, 0.3) is 0 Å². The summed E-state index contributed by atoms with van der Waals surface area (Å²) in [7, 11) is 1.72. The molecule has 1 N–H and O–H groups in total. The van der Waals surface area contributed by atoms with E-state index in [1.807, 2.05) is 25.1 Å². The van der Waals surface area contributed by atoms with Gasteiger partial charge in [-0.1, -0.05) is 31.4 Å². The maximum atomic E-state index is 12.6. The lowest BCUT2D eigenvalue weighted by Gasteiger charge is -2.39. The molecule has 1 aromatic rings. The van der Waals surface area contributed by atoms with Gasteiger partial charge in [0.15, 0.2) is 0 Å². The molecule has 5 heteroatoms. The number of hydrogen-bond acceptors (Lipinski definition) is 4. The summed E-state index contributed by atoms with van der Waals surface area (Å²) in [5, 5.41) is 3.20. The van der Waals surface area contributed by atoms with Crippen LogP contribution in [0.5, 0.6) is 5.75 Å². The number of nitrogens with zero attached hydrogens (tertiary/aromatic N) is 2. The number of piperazine rings is 1. The van der Waals surface area contributed by atoms with Gasteiger partial charge in [-0.3, -0.25) is 9.69 Å². The van der Waals surface area contributed by atoms with Crippen molar-refractivity contribution in [1.82, 2.24) is 10.2 Å². The average Bonchev–Trinajstić information content (AvgIpc) is 2.72. The highest BCUT2D eigenvalue weighted by Crippen LogP contribution is 2.28. The SMILES string of the molecule is COc1ccccc1N1CCN([C@H](C)C(=O)NCC2CCCCC2)CC1. The molecule has 0 unspecified atom stereocenters. The molecule has 0 spiro atoms. The van der Waals surface area contributed by atoms with Crippen LogP contribution in [0.2, 0.25) is 0 Å². The molecule has 1 saturated heterocycles. The molecule has 5 nitrogen and oxygen atoms in total. The number of nitrogens with one attached hydrogen (secondary N) is 1. The first-order valence-corrected chi connectivity index (χ1v) is 10.1. The van der Waals surface area contributed by atoms with Gasteiger partial charge in [-0.25, -0.2) is 0 Å². The monoisotopic (exact) mass is 359 g/mol. The molecule has 3 rings (SSSR count). The molecule has 0 aromatic heterocycles. The minimum Gasteiger partial charge on any atom is -0.495 e. The Morgan fingerprint density at radius 3 is 2.54 bits per heavy atom. The van der Waals surface area contributed by atoms with Gasteiger partial charge in [0.2, 0.25) is 5.91 Å². The largest absolute Gasteiger partial charge is 0.495 e. The molecular formula is C21H33N3O2. The number of hydrogen-bond donors (Lipinski definition) is 1. The number of para-hydroxylation sites is 2. The van der Waals surface area contributed by atoms with Crippen LogP contribution in [0.15, 0.2) is 24.3 Å². The van der Waals surface area contributed by atoms with E-state index in [4.69, 9.17) is 4.74 Å². The molecule has 2 fully saturated rings. The molecule has 26 heavy (non-hydrogen) atoms. The van der Waals surface area contributed by atoms with Crippen LogP contribution in [-0.2, 0) is 4.79 Å². The van der Waals surface area contributed by atoms with Crippen molar-refractivity contribution >= 4 is 11.6 Å². The highest BCUT2D eigenvalue weighted by Gasteiger charge is 2.27. The van der Waals surface area contributed by atoms with Crippen LogP contribution in [0.1, 0.15) is 39.0 Å². The van der Waals surface area contributed by atoms with Crippen LogP contribution >= 0.6 is 0 Å². The van der Waals surface area contributed by atoms with Crippen molar-refractivity contribution in [3.8, 4) is 5.75 Å². The van der Waals surface area contributed by atoms with Crippen molar-refractivity contribution in [2.45, 2.75) is 45.1 Å². The van der Waals surface area contributed by atoms with Crippen molar-refractivity contribution < 1.29 is 9.53 Å². The number of benzene rings is 1. The van der Waals surface area contributed by atoms with Crippen molar-refractivity contribution in [2.75, 3.05) is 44.7 Å². The van der Waals surface area contributed by atoms with E-state index < -0.39 is 0 Å². The zero-order valence-corrected chi connectivity index (χ0v) is 16.2. The summed E-state index contributed by atoms with van der Waals surface area (Å²) in [5.74, 6) is 1.78. The number of carbonyl (C=O) groups is 1. The fourth-order valence-corrected chi connectivity index (χ4v) is 4.19. The Labute approximate surface area is 157 Å². The number of carbonyl (C=O) groups excluding carboxylic acids is 1. The summed E-state index contributed by atoms with van der Waals surface area (Å²) in [5.41, 5.74) is 1.14. The summed E-state index contributed by atoms with van der Waals surface area (Å²) in [4.78, 5) is 17.2. The van der Waals surface area contributed by atoms with Crippen LogP contribution in [-0.4, -0.2) is 56.7 Å². The molecule has 1 saturated carbocycles. The third-order valence-electron chi connectivity index (χ3n) is 5.96. The van der Waals surface area contributed by atoms with Crippen molar-refractivity contribution in [3.63, 3.8) is 0 Å². The van der Waals surface area contributed by atoms with Gasteiger partial charge in [-0.2, -0.15) is 0 Å². The lowest BCUT2D eigenvalue weighted by Crippen LogP contribution is -2.54. The zero-order chi connectivity index (χ0) is 18.4. The van der Waals surface area contributed by atoms with Crippen LogP contribution in [0.3, 0.4) is 0 Å². The lowest BCUT2D eigenvalue weighted by atomic mass is 9.89. The first-order valence-electron chi connectivity index (χ1n) is 10.1. The molecule has 2 aliphatic rings. The van der Waals surface area contributed by atoms with Gasteiger partial charge in [0.1, 0.15) is 5.75 Å². The van der Waals surface area contributed by atoms with Gasteiger partial charge in [-0.15, -0.1) is 0 Å². The summed E-state index contributed by atoms with van der Waals surface area (Å²) >= 11 is 0. The quantitative estimate of drug-likeness (QED) is 0.848. The minimum atomic E-state index is -0.0570. The van der Waals surface area contributed by atoms with E-state index in [2.05, 4.69) is 21.2 Å². The second kappa shape index (κ2) is 9.26. The van der Waals surface area contributed by atoms with E-state index in [9.17, 15) is 4.79 Å². The van der Waals surface area contributed by atoms with E-state index in [1.165, 1.54) is 32.1 Å². The fraction of sp³-hybridized carbons (Fsp3) is 0.667. The van der Waals surface area contributed by atoms with Gasteiger partial charge < -0.3 is 15.0 Å². The van der Waals surface area contributed by atoms with Gasteiger partial charge in [0.25, 0.3) is 0 Å². The number of methoxy groups -OCH3 is 1. The first kappa shape index (κ1) is 19.0. The minimum absolute atomic E-state index is 0.0570. The molecule has 1 aromatic carbocycles. The summed E-state index contributed by atoms with van der Waals surface area (Å²) in [6.07, 6.45) is 6.54. The van der Waals surface area contributed by atoms with E-state index in [1.54, 1.807) is 7.11 Å². The van der Waals surface area contributed by atoms with Crippen molar-refractivity contribution in [3.05, 3.63) is 24.3 Å². The average molecular weight is 360 g/mol. The van der Waals surface area contributed by atoms with E-state index in [-0.39, 0.29) is 11.9 Å². The molecule has 0 radical (unpaired) electrons. The molecule has 1 aliphatic heterocycles. The summed E-state index contributed by atoms with van der Waals surface area (Å²) in [6.45, 7) is 6.52. The summed E-state index contributed by atoms with van der Waals surface area (Å²) < 4.78 is 5.48. The van der Waals surface area contributed by atoms with E-state index >= 15 is 0 Å². The molecule has 1 amide bonds. The standard InChI is InChI=1S/C21H33N3O2/c1-17(21(25)22-16-18-8-4-3-5-9-18)23-12-14-24(15-13-23)19-10-6-7-11-20(19)26-2/h6-7,10-11,17-18H,3-5,8-9,12-16H2,1-2H3,(H,22,25)/t17-/m1/s1. The fourth-order valence-electron chi connectivity index (χ4n) is 4.19. The van der Waals surface area contributed by atoms with Crippen LogP contribution in [0.4, 0.5) is 5.69 Å².